The molecule has 4 nitrogen and oxygen atoms in total. The Balaban J connectivity index is 2.38. The number of anilines is 1. The summed E-state index contributed by atoms with van der Waals surface area (Å²) < 4.78 is 27.4. The molecular formula is C15H24N2O2S. The largest absolute Gasteiger partial charge is 0.399 e. The third-order valence-corrected chi connectivity index (χ3v) is 6.10. The second kappa shape index (κ2) is 6.14. The zero-order valence-electron chi connectivity index (χ0n) is 12.4. The van der Waals surface area contributed by atoms with Crippen LogP contribution >= 0.6 is 0 Å². The molecule has 0 aliphatic carbocycles. The summed E-state index contributed by atoms with van der Waals surface area (Å²) in [7, 11) is -3.40. The molecule has 1 aromatic carbocycles. The Morgan fingerprint density at radius 2 is 1.40 bits per heavy atom. The third-order valence-electron chi connectivity index (χ3n) is 3.90. The molecule has 2 rings (SSSR count). The number of aryl methyl sites for hydroxylation is 2. The molecule has 2 N–H and O–H groups in total. The molecule has 1 aliphatic rings. The highest BCUT2D eigenvalue weighted by Gasteiger charge is 2.27. The summed E-state index contributed by atoms with van der Waals surface area (Å²) in [6, 6.07) is 3.48. The molecule has 1 aromatic rings. The van der Waals surface area contributed by atoms with Crippen molar-refractivity contribution >= 4 is 15.7 Å². The summed E-state index contributed by atoms with van der Waals surface area (Å²) in [6.45, 7) is 4.90. The van der Waals surface area contributed by atoms with Crippen LogP contribution in [0, 0.1) is 13.8 Å². The van der Waals surface area contributed by atoms with Crippen LogP contribution in [0.25, 0.3) is 0 Å². The Morgan fingerprint density at radius 3 is 1.90 bits per heavy atom. The molecule has 1 heterocycles. The average molecular weight is 296 g/mol. The van der Waals surface area contributed by atoms with E-state index < -0.39 is 10.0 Å². The maximum Gasteiger partial charge on any atom is 0.243 e. The van der Waals surface area contributed by atoms with Crippen molar-refractivity contribution in [2.75, 3.05) is 18.8 Å². The zero-order valence-corrected chi connectivity index (χ0v) is 13.2. The van der Waals surface area contributed by atoms with Crippen molar-refractivity contribution in [2.24, 2.45) is 0 Å². The fourth-order valence-corrected chi connectivity index (χ4v) is 4.91. The normalized spacial score (nSPS) is 18.5. The molecule has 0 spiro atoms. The molecule has 0 saturated carbocycles. The Morgan fingerprint density at radius 1 is 0.950 bits per heavy atom. The van der Waals surface area contributed by atoms with Crippen LogP contribution in [-0.4, -0.2) is 25.8 Å². The minimum Gasteiger partial charge on any atom is -0.399 e. The van der Waals surface area contributed by atoms with Gasteiger partial charge in [-0.05, 0) is 49.9 Å². The van der Waals surface area contributed by atoms with Crippen LogP contribution in [0.5, 0.6) is 0 Å². The number of nitrogen functional groups attached to an aromatic ring is 1. The minimum atomic E-state index is -3.40. The van der Waals surface area contributed by atoms with E-state index >= 15 is 0 Å². The average Bonchev–Trinajstić information content (AvgIpc) is 2.25. The number of rotatable bonds is 2. The van der Waals surface area contributed by atoms with Gasteiger partial charge in [-0.15, -0.1) is 0 Å². The lowest BCUT2D eigenvalue weighted by Gasteiger charge is -2.26. The topological polar surface area (TPSA) is 63.4 Å². The molecule has 1 fully saturated rings. The highest BCUT2D eigenvalue weighted by molar-refractivity contribution is 7.89. The smallest absolute Gasteiger partial charge is 0.243 e. The maximum atomic E-state index is 12.9. The van der Waals surface area contributed by atoms with Crippen molar-refractivity contribution in [1.29, 1.82) is 0 Å². The van der Waals surface area contributed by atoms with Crippen LogP contribution in [0.1, 0.15) is 43.2 Å². The molecule has 0 radical (unpaired) electrons. The predicted octanol–water partition coefficient (Wildman–Crippen LogP) is 2.84. The van der Waals surface area contributed by atoms with Gasteiger partial charge in [0, 0.05) is 18.8 Å². The first-order chi connectivity index (χ1) is 9.43. The molecule has 20 heavy (non-hydrogen) atoms. The number of hydrogen-bond acceptors (Lipinski definition) is 3. The van der Waals surface area contributed by atoms with E-state index in [1.54, 1.807) is 16.4 Å². The SMILES string of the molecule is Cc1cc(N)cc(C)c1S(=O)(=O)N1CCCCCCC1. The van der Waals surface area contributed by atoms with E-state index in [0.29, 0.717) is 23.7 Å². The summed E-state index contributed by atoms with van der Waals surface area (Å²) in [6.07, 6.45) is 5.35. The lowest BCUT2D eigenvalue weighted by atomic mass is 10.1. The van der Waals surface area contributed by atoms with Gasteiger partial charge in [0.15, 0.2) is 0 Å². The van der Waals surface area contributed by atoms with Crippen LogP contribution in [0.2, 0.25) is 0 Å². The Bertz CT molecular complexity index is 551. The molecular weight excluding hydrogens is 272 g/mol. The van der Waals surface area contributed by atoms with Gasteiger partial charge in [-0.3, -0.25) is 0 Å². The standard InChI is InChI=1S/C15H24N2O2S/c1-12-10-14(16)11-13(2)15(12)20(18,19)17-8-6-4-3-5-7-9-17/h10-11H,3-9,16H2,1-2H3. The molecule has 0 atom stereocenters. The molecule has 5 heteroatoms. The first-order valence-corrected chi connectivity index (χ1v) is 8.74. The molecule has 1 saturated heterocycles. The van der Waals surface area contributed by atoms with Crippen molar-refractivity contribution in [3.8, 4) is 0 Å². The van der Waals surface area contributed by atoms with Crippen molar-refractivity contribution in [3.05, 3.63) is 23.3 Å². The van der Waals surface area contributed by atoms with Gasteiger partial charge in [-0.2, -0.15) is 4.31 Å². The molecule has 0 unspecified atom stereocenters. The maximum absolute atomic E-state index is 12.9. The van der Waals surface area contributed by atoms with Crippen LogP contribution in [0.3, 0.4) is 0 Å². The van der Waals surface area contributed by atoms with Gasteiger partial charge >= 0.3 is 0 Å². The van der Waals surface area contributed by atoms with Crippen LogP contribution in [0.4, 0.5) is 5.69 Å². The van der Waals surface area contributed by atoms with E-state index in [1.807, 2.05) is 13.8 Å². The molecule has 112 valence electrons. The summed E-state index contributed by atoms with van der Waals surface area (Å²) in [5.41, 5.74) is 7.89. The second-order valence-corrected chi connectivity index (χ2v) is 7.53. The van der Waals surface area contributed by atoms with E-state index in [4.69, 9.17) is 5.73 Å². The highest BCUT2D eigenvalue weighted by Crippen LogP contribution is 2.27. The van der Waals surface area contributed by atoms with Crippen LogP contribution < -0.4 is 5.73 Å². The van der Waals surface area contributed by atoms with E-state index in [0.717, 1.165) is 36.8 Å². The van der Waals surface area contributed by atoms with Gasteiger partial charge in [0.05, 0.1) is 4.90 Å². The van der Waals surface area contributed by atoms with Gasteiger partial charge < -0.3 is 5.73 Å². The van der Waals surface area contributed by atoms with Gasteiger partial charge in [-0.1, -0.05) is 19.3 Å². The first-order valence-electron chi connectivity index (χ1n) is 7.30. The van der Waals surface area contributed by atoms with Crippen LogP contribution in [-0.2, 0) is 10.0 Å². The van der Waals surface area contributed by atoms with Gasteiger partial charge in [-0.25, -0.2) is 8.42 Å². The fraction of sp³-hybridized carbons (Fsp3) is 0.600. The lowest BCUT2D eigenvalue weighted by Crippen LogP contribution is -2.34. The second-order valence-electron chi connectivity index (χ2n) is 5.66. The van der Waals surface area contributed by atoms with E-state index in [1.165, 1.54) is 6.42 Å². The Kier molecular flexibility index (Phi) is 4.70. The number of sulfonamides is 1. The van der Waals surface area contributed by atoms with Crippen molar-refractivity contribution in [1.82, 2.24) is 4.31 Å². The summed E-state index contributed by atoms with van der Waals surface area (Å²) in [5.74, 6) is 0. The fourth-order valence-electron chi connectivity index (χ4n) is 2.98. The first kappa shape index (κ1) is 15.3. The van der Waals surface area contributed by atoms with E-state index in [2.05, 4.69) is 0 Å². The van der Waals surface area contributed by atoms with Gasteiger partial charge in [0.1, 0.15) is 0 Å². The molecule has 0 bridgehead atoms. The number of nitrogens with two attached hydrogens (primary N) is 1. The molecule has 0 aromatic heterocycles. The third kappa shape index (κ3) is 3.15. The number of nitrogens with zero attached hydrogens (tertiary/aromatic N) is 1. The van der Waals surface area contributed by atoms with Crippen molar-refractivity contribution < 1.29 is 8.42 Å². The number of hydrogen-bond donors (Lipinski definition) is 1. The van der Waals surface area contributed by atoms with E-state index in [-0.39, 0.29) is 0 Å². The summed E-state index contributed by atoms with van der Waals surface area (Å²) >= 11 is 0. The van der Waals surface area contributed by atoms with E-state index in [9.17, 15) is 8.42 Å². The molecule has 1 aliphatic heterocycles. The van der Waals surface area contributed by atoms with Gasteiger partial charge in [0.25, 0.3) is 0 Å². The number of benzene rings is 1. The van der Waals surface area contributed by atoms with Crippen molar-refractivity contribution in [2.45, 2.75) is 50.8 Å². The lowest BCUT2D eigenvalue weighted by molar-refractivity contribution is 0.364. The quantitative estimate of drug-likeness (QED) is 0.854. The Labute approximate surface area is 122 Å². The zero-order chi connectivity index (χ0) is 14.8. The van der Waals surface area contributed by atoms with Crippen molar-refractivity contribution in [3.63, 3.8) is 0 Å². The van der Waals surface area contributed by atoms with Crippen LogP contribution in [0.15, 0.2) is 17.0 Å². The minimum absolute atomic E-state index is 0.437. The summed E-state index contributed by atoms with van der Waals surface area (Å²) in [4.78, 5) is 0.437. The molecule has 0 amide bonds. The monoisotopic (exact) mass is 296 g/mol. The Hall–Kier alpha value is -1.07. The van der Waals surface area contributed by atoms with Gasteiger partial charge in [0.2, 0.25) is 10.0 Å². The highest BCUT2D eigenvalue weighted by atomic mass is 32.2. The summed E-state index contributed by atoms with van der Waals surface area (Å²) in [5, 5.41) is 0. The predicted molar refractivity (Wildman–Crippen MR) is 82.2 cm³/mol.